The third-order valence-corrected chi connectivity index (χ3v) is 3.66. The highest BCUT2D eigenvalue weighted by Gasteiger charge is 2.25. The third-order valence-electron chi connectivity index (χ3n) is 2.09. The molecule has 0 aliphatic heterocycles. The zero-order valence-electron chi connectivity index (χ0n) is 8.36. The molecule has 1 unspecified atom stereocenters. The minimum absolute atomic E-state index is 0. The molecule has 0 aliphatic carbocycles. The maximum Gasteiger partial charge on any atom is 0.328 e. The smallest absolute Gasteiger partial charge is 0.324 e. The first-order valence-electron chi connectivity index (χ1n) is 4.57. The van der Waals surface area contributed by atoms with Crippen molar-refractivity contribution in [2.75, 3.05) is 0 Å². The SMILES string of the molecule is CCCCCC(CC)P(=O)(O)O.S. The van der Waals surface area contributed by atoms with Crippen LogP contribution in [0.1, 0.15) is 46.0 Å². The Hall–Kier alpha value is 0.500. The van der Waals surface area contributed by atoms with Crippen molar-refractivity contribution in [2.24, 2.45) is 0 Å². The van der Waals surface area contributed by atoms with Crippen LogP contribution >= 0.6 is 21.1 Å². The normalized spacial score (nSPS) is 13.5. The van der Waals surface area contributed by atoms with Crippen molar-refractivity contribution in [2.45, 2.75) is 51.6 Å². The lowest BCUT2D eigenvalue weighted by Crippen LogP contribution is -2.06. The van der Waals surface area contributed by atoms with E-state index >= 15 is 0 Å². The topological polar surface area (TPSA) is 57.5 Å². The molecular formula is C8H21O3PS. The van der Waals surface area contributed by atoms with Crippen LogP contribution < -0.4 is 0 Å². The van der Waals surface area contributed by atoms with Gasteiger partial charge in [0.2, 0.25) is 0 Å². The Morgan fingerprint density at radius 1 is 1.23 bits per heavy atom. The highest BCUT2D eigenvalue weighted by atomic mass is 32.1. The Labute approximate surface area is 87.5 Å². The standard InChI is InChI=1S/C8H19O3P.H2S/c1-3-5-6-7-8(4-2)12(9,10)11;/h8H,3-7H2,1-2H3,(H2,9,10,11);1H2. The van der Waals surface area contributed by atoms with E-state index in [9.17, 15) is 4.57 Å². The molecule has 0 amide bonds. The summed E-state index contributed by atoms with van der Waals surface area (Å²) in [7, 11) is -3.82. The number of unbranched alkanes of at least 4 members (excludes halogenated alkanes) is 2. The van der Waals surface area contributed by atoms with Crippen molar-refractivity contribution >= 4 is 21.1 Å². The van der Waals surface area contributed by atoms with E-state index in [-0.39, 0.29) is 13.5 Å². The molecule has 0 aromatic carbocycles. The third kappa shape index (κ3) is 7.56. The first-order valence-corrected chi connectivity index (χ1v) is 6.25. The molecule has 0 fully saturated rings. The van der Waals surface area contributed by atoms with Gasteiger partial charge < -0.3 is 9.79 Å². The molecule has 0 saturated heterocycles. The first-order chi connectivity index (χ1) is 5.52. The monoisotopic (exact) mass is 228 g/mol. The lowest BCUT2D eigenvalue weighted by molar-refractivity contribution is 0.350. The minimum Gasteiger partial charge on any atom is -0.324 e. The van der Waals surface area contributed by atoms with Crippen molar-refractivity contribution in [3.8, 4) is 0 Å². The fourth-order valence-electron chi connectivity index (χ4n) is 1.24. The van der Waals surface area contributed by atoms with Gasteiger partial charge in [0, 0.05) is 0 Å². The Morgan fingerprint density at radius 2 is 1.77 bits per heavy atom. The lowest BCUT2D eigenvalue weighted by atomic mass is 10.1. The van der Waals surface area contributed by atoms with Crippen molar-refractivity contribution in [3.63, 3.8) is 0 Å². The van der Waals surface area contributed by atoms with E-state index in [0.29, 0.717) is 12.8 Å². The van der Waals surface area contributed by atoms with Gasteiger partial charge in [-0.15, -0.1) is 0 Å². The average Bonchev–Trinajstić information content (AvgIpc) is 1.95. The van der Waals surface area contributed by atoms with E-state index in [1.807, 2.05) is 6.92 Å². The molecule has 0 aliphatic rings. The summed E-state index contributed by atoms with van der Waals surface area (Å²) in [6, 6.07) is 0. The van der Waals surface area contributed by atoms with Gasteiger partial charge in [0.05, 0.1) is 5.66 Å². The van der Waals surface area contributed by atoms with E-state index in [1.165, 1.54) is 0 Å². The molecule has 82 valence electrons. The molecule has 0 saturated carbocycles. The van der Waals surface area contributed by atoms with Crippen LogP contribution in [0, 0.1) is 0 Å². The van der Waals surface area contributed by atoms with Crippen molar-refractivity contribution in [1.82, 2.24) is 0 Å². The molecule has 0 aromatic heterocycles. The molecular weight excluding hydrogens is 207 g/mol. The highest BCUT2D eigenvalue weighted by molar-refractivity contribution is 7.59. The molecule has 0 radical (unpaired) electrons. The van der Waals surface area contributed by atoms with E-state index in [2.05, 4.69) is 6.92 Å². The summed E-state index contributed by atoms with van der Waals surface area (Å²) in [5, 5.41) is 0. The van der Waals surface area contributed by atoms with Crippen LogP contribution in [0.2, 0.25) is 0 Å². The number of hydrogen-bond acceptors (Lipinski definition) is 1. The fraction of sp³-hybridized carbons (Fsp3) is 1.00. The molecule has 13 heavy (non-hydrogen) atoms. The van der Waals surface area contributed by atoms with Crippen LogP contribution in [0.25, 0.3) is 0 Å². The second-order valence-corrected chi connectivity index (χ2v) is 5.06. The van der Waals surface area contributed by atoms with E-state index in [0.717, 1.165) is 19.3 Å². The molecule has 0 heterocycles. The largest absolute Gasteiger partial charge is 0.328 e. The maximum atomic E-state index is 10.9. The maximum absolute atomic E-state index is 10.9. The van der Waals surface area contributed by atoms with Crippen LogP contribution in [0.3, 0.4) is 0 Å². The van der Waals surface area contributed by atoms with Crippen LogP contribution in [0.15, 0.2) is 0 Å². The van der Waals surface area contributed by atoms with Gasteiger partial charge in [-0.1, -0.05) is 33.1 Å². The van der Waals surface area contributed by atoms with Gasteiger partial charge >= 0.3 is 7.60 Å². The first kappa shape index (κ1) is 15.9. The van der Waals surface area contributed by atoms with E-state index < -0.39 is 13.3 Å². The van der Waals surface area contributed by atoms with Crippen LogP contribution in [-0.2, 0) is 4.57 Å². The Bertz CT molecular complexity index is 157. The van der Waals surface area contributed by atoms with Gasteiger partial charge in [0.25, 0.3) is 0 Å². The summed E-state index contributed by atoms with van der Waals surface area (Å²) in [4.78, 5) is 17.8. The summed E-state index contributed by atoms with van der Waals surface area (Å²) in [5.74, 6) is 0. The summed E-state index contributed by atoms with van der Waals surface area (Å²) in [5.41, 5.74) is -0.413. The Balaban J connectivity index is 0. The second kappa shape index (κ2) is 7.86. The summed E-state index contributed by atoms with van der Waals surface area (Å²) < 4.78 is 10.9. The van der Waals surface area contributed by atoms with Crippen LogP contribution in [-0.4, -0.2) is 15.4 Å². The average molecular weight is 228 g/mol. The van der Waals surface area contributed by atoms with Crippen LogP contribution in [0.4, 0.5) is 0 Å². The molecule has 2 N–H and O–H groups in total. The van der Waals surface area contributed by atoms with Crippen molar-refractivity contribution < 1.29 is 14.4 Å². The second-order valence-electron chi connectivity index (χ2n) is 3.15. The highest BCUT2D eigenvalue weighted by Crippen LogP contribution is 2.45. The predicted molar refractivity (Wildman–Crippen MR) is 60.6 cm³/mol. The van der Waals surface area contributed by atoms with Gasteiger partial charge in [0.1, 0.15) is 0 Å². The molecule has 3 nitrogen and oxygen atoms in total. The van der Waals surface area contributed by atoms with Gasteiger partial charge in [-0.3, -0.25) is 4.57 Å². The van der Waals surface area contributed by atoms with Gasteiger partial charge in [-0.05, 0) is 12.8 Å². The van der Waals surface area contributed by atoms with Gasteiger partial charge in [-0.2, -0.15) is 13.5 Å². The summed E-state index contributed by atoms with van der Waals surface area (Å²) >= 11 is 0. The molecule has 0 aromatic rings. The van der Waals surface area contributed by atoms with E-state index in [4.69, 9.17) is 9.79 Å². The predicted octanol–water partition coefficient (Wildman–Crippen LogP) is 2.64. The molecule has 1 atom stereocenters. The minimum atomic E-state index is -3.82. The summed E-state index contributed by atoms with van der Waals surface area (Å²) in [6.07, 6.45) is 4.33. The van der Waals surface area contributed by atoms with Crippen molar-refractivity contribution in [3.05, 3.63) is 0 Å². The molecule has 0 rings (SSSR count). The molecule has 5 heteroatoms. The molecule has 0 bridgehead atoms. The Morgan fingerprint density at radius 3 is 2.08 bits per heavy atom. The zero-order valence-corrected chi connectivity index (χ0v) is 10.3. The zero-order chi connectivity index (χ0) is 9.61. The summed E-state index contributed by atoms with van der Waals surface area (Å²) in [6.45, 7) is 3.91. The van der Waals surface area contributed by atoms with Gasteiger partial charge in [-0.25, -0.2) is 0 Å². The fourth-order valence-corrected chi connectivity index (χ4v) is 2.23. The lowest BCUT2D eigenvalue weighted by Gasteiger charge is -2.15. The van der Waals surface area contributed by atoms with Crippen molar-refractivity contribution in [1.29, 1.82) is 0 Å². The van der Waals surface area contributed by atoms with E-state index in [1.54, 1.807) is 0 Å². The molecule has 0 spiro atoms. The Kier molecular flexibility index (Phi) is 9.65. The quantitative estimate of drug-likeness (QED) is 0.542. The van der Waals surface area contributed by atoms with Crippen LogP contribution in [0.5, 0.6) is 0 Å². The number of rotatable bonds is 6. The van der Waals surface area contributed by atoms with Gasteiger partial charge in [0.15, 0.2) is 0 Å². The number of hydrogen-bond donors (Lipinski definition) is 2.